The van der Waals surface area contributed by atoms with Gasteiger partial charge in [0.2, 0.25) is 0 Å². The number of hydrogen-bond donors (Lipinski definition) is 2. The zero-order chi connectivity index (χ0) is 13.1. The van der Waals surface area contributed by atoms with Crippen molar-refractivity contribution in [2.75, 3.05) is 0 Å². The maximum atomic E-state index is 4.17. The Morgan fingerprint density at radius 3 is 3.05 bits per heavy atom. The van der Waals surface area contributed by atoms with E-state index in [-0.39, 0.29) is 0 Å². The van der Waals surface area contributed by atoms with Crippen LogP contribution < -0.4 is 5.32 Å². The van der Waals surface area contributed by atoms with Gasteiger partial charge in [-0.05, 0) is 30.9 Å². The number of H-pyrrole nitrogens is 1. The van der Waals surface area contributed by atoms with Crippen molar-refractivity contribution in [1.29, 1.82) is 0 Å². The lowest BCUT2D eigenvalue weighted by molar-refractivity contribution is 0.426. The second kappa shape index (κ2) is 5.53. The molecule has 1 aliphatic rings. The Kier molecular flexibility index (Phi) is 3.60. The number of rotatable bonds is 4. The molecule has 0 amide bonds. The molecule has 2 atom stereocenters. The Labute approximate surface area is 113 Å². The molecular formula is C15H20N4. The first-order chi connectivity index (χ1) is 9.34. The zero-order valence-corrected chi connectivity index (χ0v) is 11.3. The predicted molar refractivity (Wildman–Crippen MR) is 75.5 cm³/mol. The van der Waals surface area contributed by atoms with Crippen molar-refractivity contribution in [3.05, 3.63) is 36.3 Å². The minimum Gasteiger partial charge on any atom is -0.310 e. The highest BCUT2D eigenvalue weighted by molar-refractivity contribution is 5.61. The van der Waals surface area contributed by atoms with Crippen LogP contribution in [0.4, 0.5) is 0 Å². The summed E-state index contributed by atoms with van der Waals surface area (Å²) < 4.78 is 0. The highest BCUT2D eigenvalue weighted by Gasteiger charge is 2.22. The largest absolute Gasteiger partial charge is 0.310 e. The summed E-state index contributed by atoms with van der Waals surface area (Å²) in [6.45, 7) is 3.21. The lowest BCUT2D eigenvalue weighted by atomic mass is 10.1. The van der Waals surface area contributed by atoms with Gasteiger partial charge in [0.05, 0.1) is 11.9 Å². The molecule has 2 aromatic heterocycles. The van der Waals surface area contributed by atoms with Crippen LogP contribution in [-0.2, 0) is 6.54 Å². The fourth-order valence-corrected chi connectivity index (χ4v) is 2.90. The maximum absolute atomic E-state index is 4.17. The third kappa shape index (κ3) is 2.68. The fourth-order valence-electron chi connectivity index (χ4n) is 2.90. The molecular weight excluding hydrogens is 236 g/mol. The Morgan fingerprint density at radius 2 is 2.32 bits per heavy atom. The van der Waals surface area contributed by atoms with Gasteiger partial charge in [0, 0.05) is 36.1 Å². The summed E-state index contributed by atoms with van der Waals surface area (Å²) in [7, 11) is 0. The van der Waals surface area contributed by atoms with E-state index in [1.54, 1.807) is 6.20 Å². The van der Waals surface area contributed by atoms with E-state index >= 15 is 0 Å². The molecule has 3 rings (SSSR count). The van der Waals surface area contributed by atoms with Crippen molar-refractivity contribution in [3.63, 3.8) is 0 Å². The van der Waals surface area contributed by atoms with E-state index in [4.69, 9.17) is 0 Å². The summed E-state index contributed by atoms with van der Waals surface area (Å²) in [6.07, 6.45) is 9.56. The molecule has 19 heavy (non-hydrogen) atoms. The van der Waals surface area contributed by atoms with E-state index in [9.17, 15) is 0 Å². The summed E-state index contributed by atoms with van der Waals surface area (Å²) >= 11 is 0. The molecule has 1 aliphatic carbocycles. The fraction of sp³-hybridized carbons (Fsp3) is 0.467. The molecule has 0 aromatic carbocycles. The Hall–Kier alpha value is -1.68. The number of hydrogen-bond acceptors (Lipinski definition) is 3. The van der Waals surface area contributed by atoms with Gasteiger partial charge in [-0.1, -0.05) is 13.3 Å². The van der Waals surface area contributed by atoms with Crippen LogP contribution in [-0.4, -0.2) is 21.2 Å². The van der Waals surface area contributed by atoms with E-state index < -0.39 is 0 Å². The van der Waals surface area contributed by atoms with Gasteiger partial charge in [-0.25, -0.2) is 0 Å². The van der Waals surface area contributed by atoms with Crippen LogP contribution >= 0.6 is 0 Å². The predicted octanol–water partition coefficient (Wildman–Crippen LogP) is 2.75. The van der Waals surface area contributed by atoms with Gasteiger partial charge >= 0.3 is 0 Å². The van der Waals surface area contributed by atoms with Crippen LogP contribution in [0.15, 0.2) is 30.7 Å². The molecule has 0 saturated heterocycles. The summed E-state index contributed by atoms with van der Waals surface area (Å²) in [5.74, 6) is 0.786. The molecule has 0 spiro atoms. The quantitative estimate of drug-likeness (QED) is 0.884. The molecule has 2 aromatic rings. The number of aromatic amines is 1. The number of pyridine rings is 1. The molecule has 4 nitrogen and oxygen atoms in total. The standard InChI is InChI=1S/C15H20N4/c1-11-4-2-6-14(11)17-9-13-10-18-19-15(13)12-5-3-7-16-8-12/h3,5,7-8,10-11,14,17H,2,4,6,9H2,1H3,(H,18,19). The average molecular weight is 256 g/mol. The second-order valence-corrected chi connectivity index (χ2v) is 5.41. The lowest BCUT2D eigenvalue weighted by Gasteiger charge is -2.17. The van der Waals surface area contributed by atoms with E-state index in [0.717, 1.165) is 23.7 Å². The second-order valence-electron chi connectivity index (χ2n) is 5.41. The first kappa shape index (κ1) is 12.4. The van der Waals surface area contributed by atoms with Crippen LogP contribution in [0.3, 0.4) is 0 Å². The van der Waals surface area contributed by atoms with Crippen molar-refractivity contribution >= 4 is 0 Å². The SMILES string of the molecule is CC1CCCC1NCc1cn[nH]c1-c1cccnc1. The lowest BCUT2D eigenvalue weighted by Crippen LogP contribution is -2.30. The van der Waals surface area contributed by atoms with Crippen LogP contribution in [0.2, 0.25) is 0 Å². The molecule has 0 aliphatic heterocycles. The van der Waals surface area contributed by atoms with Gasteiger partial charge in [0.15, 0.2) is 0 Å². The van der Waals surface area contributed by atoms with Crippen molar-refractivity contribution in [2.45, 2.75) is 38.8 Å². The molecule has 100 valence electrons. The van der Waals surface area contributed by atoms with E-state index in [2.05, 4.69) is 33.5 Å². The monoisotopic (exact) mass is 256 g/mol. The Balaban J connectivity index is 1.71. The first-order valence-corrected chi connectivity index (χ1v) is 7.00. The molecule has 2 unspecified atom stereocenters. The Morgan fingerprint density at radius 1 is 1.37 bits per heavy atom. The highest BCUT2D eigenvalue weighted by Crippen LogP contribution is 2.26. The van der Waals surface area contributed by atoms with E-state index in [0.29, 0.717) is 6.04 Å². The number of nitrogens with one attached hydrogen (secondary N) is 2. The molecule has 2 N–H and O–H groups in total. The minimum absolute atomic E-state index is 0.650. The van der Waals surface area contributed by atoms with E-state index in [1.165, 1.54) is 24.8 Å². The van der Waals surface area contributed by atoms with Crippen molar-refractivity contribution < 1.29 is 0 Å². The number of nitrogens with zero attached hydrogens (tertiary/aromatic N) is 2. The highest BCUT2D eigenvalue weighted by atomic mass is 15.1. The summed E-state index contributed by atoms with van der Waals surface area (Å²) in [6, 6.07) is 4.66. The smallest absolute Gasteiger partial charge is 0.0710 e. The average Bonchev–Trinajstić information content (AvgIpc) is 3.06. The minimum atomic E-state index is 0.650. The summed E-state index contributed by atoms with van der Waals surface area (Å²) in [5.41, 5.74) is 3.38. The van der Waals surface area contributed by atoms with Gasteiger partial charge in [-0.3, -0.25) is 10.1 Å². The van der Waals surface area contributed by atoms with Crippen LogP contribution in [0.1, 0.15) is 31.7 Å². The van der Waals surface area contributed by atoms with E-state index in [1.807, 2.05) is 18.5 Å². The van der Waals surface area contributed by atoms with Crippen molar-refractivity contribution in [3.8, 4) is 11.3 Å². The van der Waals surface area contributed by atoms with Crippen LogP contribution in [0.25, 0.3) is 11.3 Å². The maximum Gasteiger partial charge on any atom is 0.0710 e. The van der Waals surface area contributed by atoms with Crippen molar-refractivity contribution in [1.82, 2.24) is 20.5 Å². The van der Waals surface area contributed by atoms with Gasteiger partial charge in [0.25, 0.3) is 0 Å². The Bertz CT molecular complexity index is 520. The first-order valence-electron chi connectivity index (χ1n) is 7.00. The molecule has 1 fully saturated rings. The van der Waals surface area contributed by atoms with Crippen LogP contribution in [0, 0.1) is 5.92 Å². The topological polar surface area (TPSA) is 53.6 Å². The zero-order valence-electron chi connectivity index (χ0n) is 11.3. The molecule has 1 saturated carbocycles. The summed E-state index contributed by atoms with van der Waals surface area (Å²) in [5, 5.41) is 10.9. The van der Waals surface area contributed by atoms with Gasteiger partial charge < -0.3 is 5.32 Å². The van der Waals surface area contributed by atoms with Crippen molar-refractivity contribution in [2.24, 2.45) is 5.92 Å². The van der Waals surface area contributed by atoms with Crippen LogP contribution in [0.5, 0.6) is 0 Å². The molecule has 0 bridgehead atoms. The van der Waals surface area contributed by atoms with Gasteiger partial charge in [-0.2, -0.15) is 5.10 Å². The molecule has 0 radical (unpaired) electrons. The third-order valence-electron chi connectivity index (χ3n) is 4.08. The van der Waals surface area contributed by atoms with Gasteiger partial charge in [0.1, 0.15) is 0 Å². The summed E-state index contributed by atoms with van der Waals surface area (Å²) in [4.78, 5) is 4.16. The molecule has 2 heterocycles. The van der Waals surface area contributed by atoms with Gasteiger partial charge in [-0.15, -0.1) is 0 Å². The normalized spacial score (nSPS) is 22.8. The third-order valence-corrected chi connectivity index (χ3v) is 4.08. The molecule has 4 heteroatoms. The number of aromatic nitrogens is 3.